The van der Waals surface area contributed by atoms with Gasteiger partial charge in [0.25, 0.3) is 0 Å². The van der Waals surface area contributed by atoms with Crippen LogP contribution in [0.5, 0.6) is 0 Å². The largest absolute Gasteiger partial charge is 0.348 e. The van der Waals surface area contributed by atoms with E-state index in [9.17, 15) is 4.79 Å². The molecule has 22 heavy (non-hydrogen) atoms. The molecule has 3 nitrogen and oxygen atoms in total. The summed E-state index contributed by atoms with van der Waals surface area (Å²) in [6.45, 7) is 4.25. The quantitative estimate of drug-likeness (QED) is 0.409. The van der Waals surface area contributed by atoms with Crippen molar-refractivity contribution in [2.24, 2.45) is 0 Å². The monoisotopic (exact) mass is 308 g/mol. The Bertz CT molecular complexity index is 865. The van der Waals surface area contributed by atoms with Crippen molar-refractivity contribution in [3.8, 4) is 0 Å². The lowest BCUT2D eigenvalue weighted by molar-refractivity contribution is 0.661. The molecule has 1 heterocycles. The zero-order chi connectivity index (χ0) is 15.4. The lowest BCUT2D eigenvalue weighted by Gasteiger charge is -2.12. The van der Waals surface area contributed by atoms with Crippen molar-refractivity contribution >= 4 is 22.5 Å². The average molecular weight is 308 g/mol. The highest BCUT2D eigenvalue weighted by Gasteiger charge is 2.07. The third-order valence-electron chi connectivity index (χ3n) is 3.46. The van der Waals surface area contributed by atoms with Crippen LogP contribution in [-0.2, 0) is 6.54 Å². The second-order valence-corrected chi connectivity index (χ2v) is 5.93. The molecule has 110 valence electrons. The molecule has 0 bridgehead atoms. The Morgan fingerprint density at radius 3 is 2.82 bits per heavy atom. The molecule has 0 aliphatic heterocycles. The molecule has 0 spiro atoms. The van der Waals surface area contributed by atoms with E-state index in [1.165, 1.54) is 10.8 Å². The first-order valence-electron chi connectivity index (χ1n) is 7.06. The van der Waals surface area contributed by atoms with E-state index in [-0.39, 0.29) is 5.69 Å². The van der Waals surface area contributed by atoms with Gasteiger partial charge in [0.05, 0.1) is 11.6 Å². The van der Waals surface area contributed by atoms with Gasteiger partial charge in [0.1, 0.15) is 0 Å². The Morgan fingerprint density at radius 2 is 1.95 bits per heavy atom. The number of aromatic nitrogens is 2. The fourth-order valence-corrected chi connectivity index (χ4v) is 3.18. The molecule has 0 atom stereocenters. The van der Waals surface area contributed by atoms with Crippen LogP contribution in [0.1, 0.15) is 5.56 Å². The van der Waals surface area contributed by atoms with Gasteiger partial charge < -0.3 is 0 Å². The molecule has 0 N–H and O–H groups in total. The minimum atomic E-state index is -0.220. The summed E-state index contributed by atoms with van der Waals surface area (Å²) < 4.78 is 1.72. The second-order valence-electron chi connectivity index (χ2n) is 4.89. The zero-order valence-electron chi connectivity index (χ0n) is 12.1. The molecule has 1 aromatic heterocycles. The second kappa shape index (κ2) is 6.62. The van der Waals surface area contributed by atoms with Gasteiger partial charge in [-0.15, -0.1) is 18.3 Å². The van der Waals surface area contributed by atoms with Gasteiger partial charge in [-0.1, -0.05) is 48.5 Å². The molecule has 3 rings (SSSR count). The van der Waals surface area contributed by atoms with E-state index in [4.69, 9.17) is 0 Å². The van der Waals surface area contributed by atoms with Crippen LogP contribution in [0.4, 0.5) is 0 Å². The van der Waals surface area contributed by atoms with Gasteiger partial charge in [-0.2, -0.15) is 0 Å². The molecule has 0 radical (unpaired) electrons. The summed E-state index contributed by atoms with van der Waals surface area (Å²) in [4.78, 5) is 16.0. The summed E-state index contributed by atoms with van der Waals surface area (Å²) in [6, 6.07) is 16.2. The molecule has 0 unspecified atom stereocenters. The minimum absolute atomic E-state index is 0.220. The van der Waals surface area contributed by atoms with Crippen LogP contribution in [0, 0.1) is 0 Å². The van der Waals surface area contributed by atoms with E-state index in [0.29, 0.717) is 6.54 Å². The van der Waals surface area contributed by atoms with E-state index in [1.807, 2.05) is 30.3 Å². The predicted molar refractivity (Wildman–Crippen MR) is 92.5 cm³/mol. The Kier molecular flexibility index (Phi) is 4.39. The van der Waals surface area contributed by atoms with Crippen molar-refractivity contribution in [3.05, 3.63) is 83.4 Å². The van der Waals surface area contributed by atoms with E-state index in [0.717, 1.165) is 16.3 Å². The predicted octanol–water partition coefficient (Wildman–Crippen LogP) is 3.72. The van der Waals surface area contributed by atoms with Crippen molar-refractivity contribution in [2.45, 2.75) is 11.6 Å². The van der Waals surface area contributed by atoms with Crippen LogP contribution in [0.3, 0.4) is 0 Å². The number of fused-ring (bicyclic) bond motifs is 1. The molecule has 4 heteroatoms. The molecular weight excluding hydrogens is 292 g/mol. The smallest absolute Gasteiger partial charge is 0.282 e. The summed E-state index contributed by atoms with van der Waals surface area (Å²) in [7, 11) is 0. The maximum Gasteiger partial charge on any atom is 0.348 e. The summed E-state index contributed by atoms with van der Waals surface area (Å²) in [6.07, 6.45) is 3.39. The maximum absolute atomic E-state index is 12.2. The van der Waals surface area contributed by atoms with Crippen LogP contribution in [0.25, 0.3) is 10.8 Å². The molecule has 0 amide bonds. The molecular formula is C18H16N2OS. The average Bonchev–Trinajstić information content (AvgIpc) is 2.55. The van der Waals surface area contributed by atoms with Gasteiger partial charge in [0, 0.05) is 11.9 Å². The van der Waals surface area contributed by atoms with Crippen LogP contribution < -0.4 is 5.69 Å². The van der Waals surface area contributed by atoms with E-state index in [2.05, 4.69) is 35.8 Å². The van der Waals surface area contributed by atoms with Gasteiger partial charge in [0.15, 0.2) is 0 Å². The SMILES string of the molecule is C=CCSc1ccnc(=O)n1Cc1cccc2ccccc12. The molecule has 2 aromatic carbocycles. The van der Waals surface area contributed by atoms with Crippen molar-refractivity contribution < 1.29 is 0 Å². The molecule has 3 aromatic rings. The Balaban J connectivity index is 2.05. The number of hydrogen-bond acceptors (Lipinski definition) is 3. The molecule has 0 fully saturated rings. The maximum atomic E-state index is 12.2. The number of thioether (sulfide) groups is 1. The summed E-state index contributed by atoms with van der Waals surface area (Å²) in [5.74, 6) is 0.763. The Hall–Kier alpha value is -2.33. The zero-order valence-corrected chi connectivity index (χ0v) is 12.9. The highest BCUT2D eigenvalue weighted by Crippen LogP contribution is 2.21. The fraction of sp³-hybridized carbons (Fsp3) is 0.111. The van der Waals surface area contributed by atoms with Gasteiger partial charge in [-0.3, -0.25) is 4.57 Å². The van der Waals surface area contributed by atoms with Gasteiger partial charge >= 0.3 is 5.69 Å². The van der Waals surface area contributed by atoms with Crippen molar-refractivity contribution in [1.82, 2.24) is 9.55 Å². The fourth-order valence-electron chi connectivity index (χ4n) is 2.44. The topological polar surface area (TPSA) is 34.9 Å². The number of nitrogens with zero attached hydrogens (tertiary/aromatic N) is 2. The van der Waals surface area contributed by atoms with Crippen LogP contribution in [-0.4, -0.2) is 15.3 Å². The molecule has 0 saturated carbocycles. The van der Waals surface area contributed by atoms with E-state index in [1.54, 1.807) is 22.5 Å². The van der Waals surface area contributed by atoms with Crippen LogP contribution >= 0.6 is 11.8 Å². The van der Waals surface area contributed by atoms with Gasteiger partial charge in [0.2, 0.25) is 0 Å². The highest BCUT2D eigenvalue weighted by atomic mass is 32.2. The van der Waals surface area contributed by atoms with E-state index >= 15 is 0 Å². The van der Waals surface area contributed by atoms with Crippen molar-refractivity contribution in [1.29, 1.82) is 0 Å². The number of rotatable bonds is 5. The lowest BCUT2D eigenvalue weighted by atomic mass is 10.0. The summed E-state index contributed by atoms with van der Waals surface area (Å²) in [5, 5.41) is 3.26. The van der Waals surface area contributed by atoms with Crippen molar-refractivity contribution in [3.63, 3.8) is 0 Å². The molecule has 0 saturated heterocycles. The lowest BCUT2D eigenvalue weighted by Crippen LogP contribution is -2.24. The van der Waals surface area contributed by atoms with Crippen molar-refractivity contribution in [2.75, 3.05) is 5.75 Å². The van der Waals surface area contributed by atoms with Crippen LogP contribution in [0.2, 0.25) is 0 Å². The minimum Gasteiger partial charge on any atom is -0.282 e. The molecule has 0 aliphatic carbocycles. The highest BCUT2D eigenvalue weighted by molar-refractivity contribution is 7.99. The van der Waals surface area contributed by atoms with E-state index < -0.39 is 0 Å². The third-order valence-corrected chi connectivity index (χ3v) is 4.51. The van der Waals surface area contributed by atoms with Gasteiger partial charge in [-0.05, 0) is 22.4 Å². The van der Waals surface area contributed by atoms with Crippen LogP contribution in [0.15, 0.2) is 77.2 Å². The number of benzene rings is 2. The Morgan fingerprint density at radius 1 is 1.14 bits per heavy atom. The first kappa shape index (κ1) is 14.6. The first-order chi connectivity index (χ1) is 10.8. The molecule has 0 aliphatic rings. The third kappa shape index (κ3) is 2.97. The first-order valence-corrected chi connectivity index (χ1v) is 8.04. The normalized spacial score (nSPS) is 10.7. The number of hydrogen-bond donors (Lipinski definition) is 0. The summed E-state index contributed by atoms with van der Waals surface area (Å²) >= 11 is 1.59. The van der Waals surface area contributed by atoms with Gasteiger partial charge in [-0.25, -0.2) is 9.78 Å². The Labute approximate surface area is 133 Å². The summed E-state index contributed by atoms with van der Waals surface area (Å²) in [5.41, 5.74) is 0.899. The standard InChI is InChI=1S/C18H16N2OS/c1-2-12-22-17-10-11-19-18(21)20(17)13-15-8-5-7-14-6-3-4-9-16(14)15/h2-11H,1,12-13H2.